The fourth-order valence-electron chi connectivity index (χ4n) is 2.62. The van der Waals surface area contributed by atoms with Crippen LogP contribution in [0.3, 0.4) is 0 Å². The number of nitrogens with zero attached hydrogens (tertiary/aromatic N) is 2. The van der Waals surface area contributed by atoms with Gasteiger partial charge < -0.3 is 24.8 Å². The number of aryl methyl sites for hydroxylation is 2. The van der Waals surface area contributed by atoms with E-state index in [-0.39, 0.29) is 30.9 Å². The molecule has 0 saturated carbocycles. The van der Waals surface area contributed by atoms with Crippen LogP contribution >= 0.6 is 0 Å². The average molecular weight is 372 g/mol. The third-order valence-electron chi connectivity index (χ3n) is 4.04. The number of nitrogens with one attached hydrogen (secondary N) is 2. The maximum atomic E-state index is 12.2. The molecule has 1 aromatic heterocycles. The summed E-state index contributed by atoms with van der Waals surface area (Å²) in [5, 5.41) is 9.00. The number of aromatic nitrogens is 1. The molecule has 2 N–H and O–H groups in total. The lowest BCUT2D eigenvalue weighted by atomic mass is 10.0. The maximum Gasteiger partial charge on any atom is 0.260 e. The Hall–Kier alpha value is -3.36. The topological polar surface area (TPSA) is 114 Å². The minimum absolute atomic E-state index is 0.00738. The number of fused-ring (bicyclic) bond motifs is 1. The highest BCUT2D eigenvalue weighted by molar-refractivity contribution is 5.94. The second kappa shape index (κ2) is 7.90. The number of hydrogen-bond acceptors (Lipinski definition) is 6. The smallest absolute Gasteiger partial charge is 0.260 e. The lowest BCUT2D eigenvalue weighted by Crippen LogP contribution is -2.37. The summed E-state index contributed by atoms with van der Waals surface area (Å²) in [6, 6.07) is 6.84. The molecule has 9 nitrogen and oxygen atoms in total. The monoisotopic (exact) mass is 372 g/mol. The van der Waals surface area contributed by atoms with E-state index < -0.39 is 0 Å². The number of hydrogen-bond donors (Lipinski definition) is 2. The van der Waals surface area contributed by atoms with Crippen molar-refractivity contribution in [3.05, 3.63) is 35.6 Å². The standard InChI is InChI=1S/C18H20N4O5/c1-11-7-15(21-27-11)20-17(24)9-22(2)18(25)10-26-13-4-5-14-12(8-13)3-6-16(23)19-14/h4-5,7-8H,3,6,9-10H2,1-2H3,(H,19,23)(H,20,21,24). The summed E-state index contributed by atoms with van der Waals surface area (Å²) in [5.41, 5.74) is 1.73. The second-order valence-corrected chi connectivity index (χ2v) is 6.28. The zero-order chi connectivity index (χ0) is 19.4. The third-order valence-corrected chi connectivity index (χ3v) is 4.04. The summed E-state index contributed by atoms with van der Waals surface area (Å²) in [5.74, 6) is 0.681. The van der Waals surface area contributed by atoms with Crippen molar-refractivity contribution in [2.75, 3.05) is 30.8 Å². The van der Waals surface area contributed by atoms with Crippen molar-refractivity contribution >= 4 is 29.2 Å². The van der Waals surface area contributed by atoms with Crippen LogP contribution in [0.1, 0.15) is 17.7 Å². The van der Waals surface area contributed by atoms with E-state index in [1.165, 1.54) is 11.9 Å². The van der Waals surface area contributed by atoms with Crippen LogP contribution in [0.5, 0.6) is 5.75 Å². The molecular weight excluding hydrogens is 352 g/mol. The van der Waals surface area contributed by atoms with Crippen LogP contribution in [-0.4, -0.2) is 48.0 Å². The zero-order valence-electron chi connectivity index (χ0n) is 15.1. The number of anilines is 2. The van der Waals surface area contributed by atoms with Crippen LogP contribution in [0, 0.1) is 6.92 Å². The van der Waals surface area contributed by atoms with Gasteiger partial charge in [0.05, 0.1) is 6.54 Å². The summed E-state index contributed by atoms with van der Waals surface area (Å²) in [6.07, 6.45) is 1.06. The number of ether oxygens (including phenoxy) is 1. The van der Waals surface area contributed by atoms with E-state index in [1.807, 2.05) is 6.07 Å². The van der Waals surface area contributed by atoms with Gasteiger partial charge in [-0.3, -0.25) is 14.4 Å². The number of benzene rings is 1. The summed E-state index contributed by atoms with van der Waals surface area (Å²) < 4.78 is 10.4. The van der Waals surface area contributed by atoms with Crippen molar-refractivity contribution in [3.8, 4) is 5.75 Å². The van der Waals surface area contributed by atoms with Crippen LogP contribution in [-0.2, 0) is 20.8 Å². The second-order valence-electron chi connectivity index (χ2n) is 6.28. The first-order chi connectivity index (χ1) is 12.9. The lowest BCUT2D eigenvalue weighted by molar-refractivity contribution is -0.135. The maximum absolute atomic E-state index is 12.2. The van der Waals surface area contributed by atoms with Gasteiger partial charge in [-0.25, -0.2) is 0 Å². The molecule has 1 aromatic carbocycles. The van der Waals surface area contributed by atoms with Gasteiger partial charge in [0, 0.05) is 25.2 Å². The highest BCUT2D eigenvalue weighted by Crippen LogP contribution is 2.26. The number of likely N-dealkylation sites (N-methyl/N-ethyl adjacent to an activating group) is 1. The van der Waals surface area contributed by atoms with E-state index in [2.05, 4.69) is 15.8 Å². The predicted molar refractivity (Wildman–Crippen MR) is 96.4 cm³/mol. The van der Waals surface area contributed by atoms with Crippen LogP contribution in [0.15, 0.2) is 28.8 Å². The van der Waals surface area contributed by atoms with Gasteiger partial charge in [0.1, 0.15) is 11.5 Å². The Morgan fingerprint density at radius 3 is 2.89 bits per heavy atom. The number of carbonyl (C=O) groups excluding carboxylic acids is 3. The molecule has 27 heavy (non-hydrogen) atoms. The molecule has 142 valence electrons. The average Bonchev–Trinajstić information content (AvgIpc) is 3.03. The van der Waals surface area contributed by atoms with Crippen molar-refractivity contribution in [2.24, 2.45) is 0 Å². The molecule has 0 fully saturated rings. The van der Waals surface area contributed by atoms with Crippen molar-refractivity contribution in [2.45, 2.75) is 19.8 Å². The normalized spacial score (nSPS) is 12.7. The molecule has 1 aliphatic rings. The summed E-state index contributed by atoms with van der Waals surface area (Å²) in [6.45, 7) is 1.38. The third kappa shape index (κ3) is 4.84. The molecule has 3 amide bonds. The fraction of sp³-hybridized carbons (Fsp3) is 0.333. The van der Waals surface area contributed by atoms with E-state index in [0.29, 0.717) is 30.2 Å². The van der Waals surface area contributed by atoms with Crippen LogP contribution in [0.4, 0.5) is 11.5 Å². The lowest BCUT2D eigenvalue weighted by Gasteiger charge is -2.19. The molecule has 0 saturated heterocycles. The first-order valence-corrected chi connectivity index (χ1v) is 8.43. The van der Waals surface area contributed by atoms with E-state index in [9.17, 15) is 14.4 Å². The number of rotatable bonds is 6. The quantitative estimate of drug-likeness (QED) is 0.791. The first kappa shape index (κ1) is 18.4. The summed E-state index contributed by atoms with van der Waals surface area (Å²) in [4.78, 5) is 36.7. The van der Waals surface area contributed by atoms with Crippen molar-refractivity contribution in [1.82, 2.24) is 10.1 Å². The Labute approximate surface area is 155 Å². The van der Waals surface area contributed by atoms with Gasteiger partial charge in [0.2, 0.25) is 11.8 Å². The van der Waals surface area contributed by atoms with Gasteiger partial charge in [-0.1, -0.05) is 5.16 Å². The van der Waals surface area contributed by atoms with Crippen LogP contribution in [0.25, 0.3) is 0 Å². The summed E-state index contributed by atoms with van der Waals surface area (Å²) >= 11 is 0. The van der Waals surface area contributed by atoms with Crippen LogP contribution in [0.2, 0.25) is 0 Å². The largest absolute Gasteiger partial charge is 0.484 e. The van der Waals surface area contributed by atoms with E-state index in [0.717, 1.165) is 11.3 Å². The van der Waals surface area contributed by atoms with E-state index in [4.69, 9.17) is 9.26 Å². The molecule has 0 unspecified atom stereocenters. The fourth-order valence-corrected chi connectivity index (χ4v) is 2.62. The minimum atomic E-state index is -0.385. The Bertz CT molecular complexity index is 876. The molecule has 0 spiro atoms. The van der Waals surface area contributed by atoms with Gasteiger partial charge >= 0.3 is 0 Å². The predicted octanol–water partition coefficient (Wildman–Crippen LogP) is 1.34. The Morgan fingerprint density at radius 1 is 1.33 bits per heavy atom. The Kier molecular flexibility index (Phi) is 5.39. The molecule has 2 aromatic rings. The van der Waals surface area contributed by atoms with Gasteiger partial charge in [-0.15, -0.1) is 0 Å². The van der Waals surface area contributed by atoms with Gasteiger partial charge in [0.25, 0.3) is 5.91 Å². The van der Waals surface area contributed by atoms with Gasteiger partial charge in [0.15, 0.2) is 12.4 Å². The van der Waals surface area contributed by atoms with E-state index in [1.54, 1.807) is 25.1 Å². The zero-order valence-corrected chi connectivity index (χ0v) is 15.1. The molecule has 0 bridgehead atoms. The van der Waals surface area contributed by atoms with Crippen LogP contribution < -0.4 is 15.4 Å². The van der Waals surface area contributed by atoms with Crippen molar-refractivity contribution in [3.63, 3.8) is 0 Å². The van der Waals surface area contributed by atoms with Crippen molar-refractivity contribution < 1.29 is 23.6 Å². The molecule has 0 aliphatic carbocycles. The molecule has 1 aliphatic heterocycles. The number of carbonyl (C=O) groups is 3. The molecule has 2 heterocycles. The molecule has 0 atom stereocenters. The molecule has 0 radical (unpaired) electrons. The van der Waals surface area contributed by atoms with E-state index >= 15 is 0 Å². The Balaban J connectivity index is 1.48. The molecular formula is C18H20N4O5. The highest BCUT2D eigenvalue weighted by atomic mass is 16.5. The minimum Gasteiger partial charge on any atom is -0.484 e. The highest BCUT2D eigenvalue weighted by Gasteiger charge is 2.17. The SMILES string of the molecule is Cc1cc(NC(=O)CN(C)C(=O)COc2ccc3c(c2)CCC(=O)N3)no1. The molecule has 3 rings (SSSR count). The Morgan fingerprint density at radius 2 is 2.15 bits per heavy atom. The first-order valence-electron chi connectivity index (χ1n) is 8.43. The van der Waals surface area contributed by atoms with Gasteiger partial charge in [-0.2, -0.15) is 0 Å². The number of amides is 3. The molecule has 9 heteroatoms. The summed E-state index contributed by atoms with van der Waals surface area (Å²) in [7, 11) is 1.52. The van der Waals surface area contributed by atoms with Crippen molar-refractivity contribution in [1.29, 1.82) is 0 Å². The van der Waals surface area contributed by atoms with Gasteiger partial charge in [-0.05, 0) is 37.1 Å².